The van der Waals surface area contributed by atoms with Crippen molar-refractivity contribution < 1.29 is 19.1 Å². The molecule has 3 aromatic carbocycles. The minimum atomic E-state index is -0.401. The van der Waals surface area contributed by atoms with Crippen LogP contribution in [0.15, 0.2) is 70.0 Å². The van der Waals surface area contributed by atoms with E-state index in [1.165, 1.54) is 0 Å². The Morgan fingerprint density at radius 2 is 1.88 bits per heavy atom. The number of methoxy groups -OCH3 is 1. The van der Waals surface area contributed by atoms with Crippen molar-refractivity contribution >= 4 is 62.2 Å². The molecule has 8 heteroatoms. The number of hydrogen-bond acceptors (Lipinski definition) is 5. The van der Waals surface area contributed by atoms with Gasteiger partial charge in [-0.3, -0.25) is 9.59 Å². The van der Waals surface area contributed by atoms with E-state index < -0.39 is 5.91 Å². The normalized spacial score (nSPS) is 14.8. The minimum absolute atomic E-state index is 0.308. The van der Waals surface area contributed by atoms with Crippen LogP contribution in [-0.2, 0) is 11.4 Å². The molecule has 1 fully saturated rings. The molecule has 0 saturated carbocycles. The molecule has 1 aliphatic heterocycles. The number of anilines is 1. The number of benzene rings is 3. The van der Waals surface area contributed by atoms with Gasteiger partial charge in [0.2, 0.25) is 0 Å². The van der Waals surface area contributed by atoms with Gasteiger partial charge < -0.3 is 9.47 Å². The summed E-state index contributed by atoms with van der Waals surface area (Å²) in [5.74, 6) is 0.669. The second kappa shape index (κ2) is 10.0. The Labute approximate surface area is 209 Å². The van der Waals surface area contributed by atoms with Crippen LogP contribution in [0.3, 0.4) is 0 Å². The number of ether oxygens (including phenoxy) is 2. The number of halogens is 2. The molecule has 0 radical (unpaired) electrons. The van der Waals surface area contributed by atoms with Crippen LogP contribution in [0.5, 0.6) is 11.5 Å². The summed E-state index contributed by atoms with van der Waals surface area (Å²) in [6.07, 6.45) is 1.66. The van der Waals surface area contributed by atoms with Crippen LogP contribution in [0.4, 0.5) is 10.5 Å². The molecular formula is C25H19BrClNO4S. The van der Waals surface area contributed by atoms with Gasteiger partial charge >= 0.3 is 0 Å². The van der Waals surface area contributed by atoms with Crippen LogP contribution in [-0.4, -0.2) is 18.3 Å². The quantitative estimate of drug-likeness (QED) is 0.306. The van der Waals surface area contributed by atoms with Crippen molar-refractivity contribution in [2.75, 3.05) is 12.0 Å². The van der Waals surface area contributed by atoms with E-state index >= 15 is 0 Å². The molecule has 0 spiro atoms. The molecule has 3 aromatic rings. The van der Waals surface area contributed by atoms with Gasteiger partial charge in [0.1, 0.15) is 6.61 Å². The Morgan fingerprint density at radius 3 is 2.61 bits per heavy atom. The number of rotatable bonds is 6. The molecule has 5 nitrogen and oxygen atoms in total. The van der Waals surface area contributed by atoms with Gasteiger partial charge in [-0.25, -0.2) is 4.90 Å². The van der Waals surface area contributed by atoms with Gasteiger partial charge in [-0.1, -0.05) is 47.5 Å². The van der Waals surface area contributed by atoms with Gasteiger partial charge in [-0.2, -0.15) is 0 Å². The first-order valence-electron chi connectivity index (χ1n) is 9.95. The molecule has 2 amide bonds. The summed E-state index contributed by atoms with van der Waals surface area (Å²) in [6, 6.07) is 18.3. The van der Waals surface area contributed by atoms with E-state index in [0.29, 0.717) is 43.8 Å². The van der Waals surface area contributed by atoms with Gasteiger partial charge in [-0.05, 0) is 82.2 Å². The molecule has 4 rings (SSSR count). The van der Waals surface area contributed by atoms with Crippen LogP contribution in [0.2, 0.25) is 5.02 Å². The molecule has 0 bridgehead atoms. The molecule has 1 aliphatic rings. The van der Waals surface area contributed by atoms with E-state index in [9.17, 15) is 9.59 Å². The van der Waals surface area contributed by atoms with Gasteiger partial charge in [0, 0.05) is 5.02 Å². The predicted octanol–water partition coefficient (Wildman–Crippen LogP) is 7.24. The lowest BCUT2D eigenvalue weighted by Crippen LogP contribution is -2.27. The van der Waals surface area contributed by atoms with E-state index in [1.54, 1.807) is 43.5 Å². The van der Waals surface area contributed by atoms with Crippen molar-refractivity contribution in [1.29, 1.82) is 0 Å². The maximum absolute atomic E-state index is 12.9. The summed E-state index contributed by atoms with van der Waals surface area (Å²) in [4.78, 5) is 26.9. The minimum Gasteiger partial charge on any atom is -0.493 e. The second-order valence-electron chi connectivity index (χ2n) is 7.31. The first kappa shape index (κ1) is 23.4. The first-order valence-corrected chi connectivity index (χ1v) is 11.9. The van der Waals surface area contributed by atoms with E-state index in [-0.39, 0.29) is 5.24 Å². The van der Waals surface area contributed by atoms with Crippen molar-refractivity contribution in [3.05, 3.63) is 91.8 Å². The molecule has 1 heterocycles. The summed E-state index contributed by atoms with van der Waals surface area (Å²) in [7, 11) is 1.55. The molecule has 0 atom stereocenters. The van der Waals surface area contributed by atoms with Crippen LogP contribution in [0.1, 0.15) is 16.7 Å². The summed E-state index contributed by atoms with van der Waals surface area (Å²) >= 11 is 10.4. The fraction of sp³-hybridized carbons (Fsp3) is 0.120. The lowest BCUT2D eigenvalue weighted by Gasteiger charge is -2.14. The maximum atomic E-state index is 12.9. The zero-order valence-electron chi connectivity index (χ0n) is 17.8. The first-order chi connectivity index (χ1) is 15.9. The number of imide groups is 1. The molecule has 33 heavy (non-hydrogen) atoms. The second-order valence-corrected chi connectivity index (χ2v) is 9.59. The summed E-state index contributed by atoms with van der Waals surface area (Å²) in [5, 5.41) is 0.0723. The van der Waals surface area contributed by atoms with Crippen LogP contribution in [0.25, 0.3) is 6.08 Å². The highest BCUT2D eigenvalue weighted by Crippen LogP contribution is 2.40. The van der Waals surface area contributed by atoms with Gasteiger partial charge in [0.25, 0.3) is 11.1 Å². The molecule has 0 aromatic heterocycles. The summed E-state index contributed by atoms with van der Waals surface area (Å²) < 4.78 is 12.2. The zero-order valence-corrected chi connectivity index (χ0v) is 21.0. The van der Waals surface area contributed by atoms with Crippen molar-refractivity contribution in [2.24, 2.45) is 0 Å². The lowest BCUT2D eigenvalue weighted by atomic mass is 10.1. The Hall–Kier alpha value is -2.74. The number of aryl methyl sites for hydroxylation is 1. The number of thioether (sulfide) groups is 1. The highest BCUT2D eigenvalue weighted by molar-refractivity contribution is 9.10. The van der Waals surface area contributed by atoms with E-state index in [2.05, 4.69) is 22.0 Å². The van der Waals surface area contributed by atoms with E-state index in [0.717, 1.165) is 27.8 Å². The summed E-state index contributed by atoms with van der Waals surface area (Å²) in [5.41, 5.74) is 3.33. The van der Waals surface area contributed by atoms with Crippen LogP contribution < -0.4 is 14.4 Å². The van der Waals surface area contributed by atoms with Crippen molar-refractivity contribution in [2.45, 2.75) is 13.5 Å². The van der Waals surface area contributed by atoms with E-state index in [1.807, 2.05) is 31.2 Å². The van der Waals surface area contributed by atoms with Crippen molar-refractivity contribution in [3.8, 4) is 11.5 Å². The van der Waals surface area contributed by atoms with Gasteiger partial charge in [-0.15, -0.1) is 0 Å². The standard InChI is InChI=1S/C25H19BrClNO4S/c1-15-5-3-6-16(9-15)14-32-23-20(26)10-17(11-21(23)31-2)12-22-24(29)28(25(30)33-22)19-8-4-7-18(27)13-19/h3-13H,14H2,1-2H3/b22-12+. The van der Waals surface area contributed by atoms with Crippen molar-refractivity contribution in [1.82, 2.24) is 0 Å². The SMILES string of the molecule is COc1cc(/C=C2/SC(=O)N(c3cccc(Cl)c3)C2=O)cc(Br)c1OCc1cccc(C)c1. The smallest absolute Gasteiger partial charge is 0.298 e. The highest BCUT2D eigenvalue weighted by atomic mass is 79.9. The summed E-state index contributed by atoms with van der Waals surface area (Å²) in [6.45, 7) is 2.41. The molecule has 168 valence electrons. The molecule has 0 aliphatic carbocycles. The third-order valence-corrected chi connectivity index (χ3v) is 6.57. The Morgan fingerprint density at radius 1 is 1.09 bits per heavy atom. The Kier molecular flexibility index (Phi) is 7.12. The fourth-order valence-electron chi connectivity index (χ4n) is 3.38. The lowest BCUT2D eigenvalue weighted by molar-refractivity contribution is -0.113. The number of nitrogens with zero attached hydrogens (tertiary/aromatic N) is 1. The predicted molar refractivity (Wildman–Crippen MR) is 136 cm³/mol. The topological polar surface area (TPSA) is 55.8 Å². The van der Waals surface area contributed by atoms with E-state index in [4.69, 9.17) is 21.1 Å². The number of amides is 2. The average molecular weight is 545 g/mol. The largest absolute Gasteiger partial charge is 0.493 e. The third-order valence-electron chi connectivity index (χ3n) is 4.88. The molecule has 0 unspecified atom stereocenters. The average Bonchev–Trinajstić information content (AvgIpc) is 3.05. The number of carbonyl (C=O) groups excluding carboxylic acids is 2. The zero-order chi connectivity index (χ0) is 23.5. The van der Waals surface area contributed by atoms with Crippen LogP contribution in [0, 0.1) is 6.92 Å². The Bertz CT molecular complexity index is 1280. The van der Waals surface area contributed by atoms with Crippen molar-refractivity contribution in [3.63, 3.8) is 0 Å². The number of hydrogen-bond donors (Lipinski definition) is 0. The number of carbonyl (C=O) groups is 2. The molecule has 0 N–H and O–H groups in total. The highest BCUT2D eigenvalue weighted by Gasteiger charge is 2.36. The third kappa shape index (κ3) is 5.27. The van der Waals surface area contributed by atoms with Gasteiger partial charge in [0.15, 0.2) is 11.5 Å². The molecular weight excluding hydrogens is 526 g/mol. The van der Waals surface area contributed by atoms with Crippen LogP contribution >= 0.6 is 39.3 Å². The van der Waals surface area contributed by atoms with Gasteiger partial charge in [0.05, 0.1) is 22.2 Å². The maximum Gasteiger partial charge on any atom is 0.298 e. The Balaban J connectivity index is 1.58. The fourth-order valence-corrected chi connectivity index (χ4v) is 4.98. The molecule has 1 saturated heterocycles. The monoisotopic (exact) mass is 543 g/mol.